The Morgan fingerprint density at radius 1 is 0.933 bits per heavy atom. The lowest BCUT2D eigenvalue weighted by Crippen LogP contribution is -2.30. The third-order valence-corrected chi connectivity index (χ3v) is 7.36. The molecule has 0 bridgehead atoms. The van der Waals surface area contributed by atoms with Crippen molar-refractivity contribution in [2.75, 3.05) is 6.54 Å². The van der Waals surface area contributed by atoms with Gasteiger partial charge in [0.1, 0.15) is 0 Å². The average Bonchev–Trinajstić information content (AvgIpc) is 2.71. The van der Waals surface area contributed by atoms with E-state index in [4.69, 9.17) is 5.14 Å². The molecule has 8 nitrogen and oxygen atoms in total. The zero-order valence-corrected chi connectivity index (χ0v) is 18.1. The fourth-order valence-corrected chi connectivity index (χ4v) is 5.05. The van der Waals surface area contributed by atoms with E-state index in [-0.39, 0.29) is 35.2 Å². The summed E-state index contributed by atoms with van der Waals surface area (Å²) in [5.74, 6) is -0.357. The molecular weight excluding hydrogens is 426 g/mol. The minimum atomic E-state index is -3.82. The van der Waals surface area contributed by atoms with Crippen LogP contribution in [0.1, 0.15) is 36.0 Å². The summed E-state index contributed by atoms with van der Waals surface area (Å²) in [4.78, 5) is 12.2. The molecule has 10 heteroatoms. The third kappa shape index (κ3) is 5.88. The number of hydrogen-bond acceptors (Lipinski definition) is 5. The predicted octanol–water partition coefficient (Wildman–Crippen LogP) is 1.20. The van der Waals surface area contributed by atoms with Gasteiger partial charge in [-0.3, -0.25) is 4.79 Å². The van der Waals surface area contributed by atoms with Crippen LogP contribution < -0.4 is 15.2 Å². The Balaban J connectivity index is 1.50. The predicted molar refractivity (Wildman–Crippen MR) is 113 cm³/mol. The number of amides is 1. The smallest absolute Gasteiger partial charge is 0.240 e. The van der Waals surface area contributed by atoms with Crippen molar-refractivity contribution in [3.05, 3.63) is 59.2 Å². The van der Waals surface area contributed by atoms with Gasteiger partial charge in [0, 0.05) is 19.5 Å². The van der Waals surface area contributed by atoms with Gasteiger partial charge in [0.25, 0.3) is 0 Å². The fraction of sp³-hybridized carbons (Fsp3) is 0.350. The number of benzene rings is 2. The van der Waals surface area contributed by atoms with E-state index in [0.29, 0.717) is 5.56 Å². The van der Waals surface area contributed by atoms with E-state index in [1.54, 1.807) is 18.2 Å². The molecule has 0 heterocycles. The van der Waals surface area contributed by atoms with Crippen LogP contribution in [0.2, 0.25) is 0 Å². The first-order valence-corrected chi connectivity index (χ1v) is 12.7. The molecule has 1 amide bonds. The molecule has 0 aliphatic heterocycles. The number of primary sulfonamides is 1. The Morgan fingerprint density at radius 2 is 1.67 bits per heavy atom. The van der Waals surface area contributed by atoms with Gasteiger partial charge in [0.05, 0.1) is 9.79 Å². The number of hydrogen-bond donors (Lipinski definition) is 3. The van der Waals surface area contributed by atoms with Crippen LogP contribution in [0.4, 0.5) is 0 Å². The largest absolute Gasteiger partial charge is 0.352 e. The summed E-state index contributed by atoms with van der Waals surface area (Å²) >= 11 is 0. The number of sulfonamides is 2. The molecule has 0 unspecified atom stereocenters. The van der Waals surface area contributed by atoms with E-state index < -0.39 is 20.0 Å². The molecule has 0 saturated heterocycles. The van der Waals surface area contributed by atoms with E-state index in [9.17, 15) is 21.6 Å². The van der Waals surface area contributed by atoms with Gasteiger partial charge in [0.2, 0.25) is 26.0 Å². The fourth-order valence-electron chi connectivity index (χ4n) is 3.38. The molecule has 30 heavy (non-hydrogen) atoms. The van der Waals surface area contributed by atoms with Crippen LogP contribution in [0, 0.1) is 0 Å². The lowest BCUT2D eigenvalue weighted by molar-refractivity contribution is -0.121. The van der Waals surface area contributed by atoms with Crippen LogP contribution in [0.5, 0.6) is 0 Å². The SMILES string of the molecule is NS(=O)(=O)c1cccc(CNC(=O)CCNS(=O)(=O)c2ccc3c(c2)CCCC3)c1. The number of nitrogens with one attached hydrogen (secondary N) is 2. The first-order chi connectivity index (χ1) is 14.1. The van der Waals surface area contributed by atoms with Crippen molar-refractivity contribution >= 4 is 26.0 Å². The van der Waals surface area contributed by atoms with E-state index in [1.165, 1.54) is 23.8 Å². The quantitative estimate of drug-likeness (QED) is 0.554. The summed E-state index contributed by atoms with van der Waals surface area (Å²) in [5, 5.41) is 7.73. The highest BCUT2D eigenvalue weighted by molar-refractivity contribution is 7.89. The Bertz CT molecular complexity index is 1140. The Morgan fingerprint density at radius 3 is 2.40 bits per heavy atom. The van der Waals surface area contributed by atoms with Crippen LogP contribution in [-0.4, -0.2) is 29.3 Å². The summed E-state index contributed by atoms with van der Waals surface area (Å²) in [6.45, 7) is 0.0717. The number of rotatable bonds is 8. The highest BCUT2D eigenvalue weighted by Crippen LogP contribution is 2.24. The van der Waals surface area contributed by atoms with Crippen molar-refractivity contribution < 1.29 is 21.6 Å². The number of aryl methyl sites for hydroxylation is 2. The lowest BCUT2D eigenvalue weighted by Gasteiger charge is -2.16. The van der Waals surface area contributed by atoms with Crippen molar-refractivity contribution in [2.45, 2.75) is 48.4 Å². The molecule has 3 rings (SSSR count). The van der Waals surface area contributed by atoms with Crippen molar-refractivity contribution in [2.24, 2.45) is 5.14 Å². The molecule has 2 aromatic carbocycles. The van der Waals surface area contributed by atoms with E-state index in [0.717, 1.165) is 31.2 Å². The molecule has 162 valence electrons. The monoisotopic (exact) mass is 451 g/mol. The minimum Gasteiger partial charge on any atom is -0.352 e. The van der Waals surface area contributed by atoms with E-state index in [2.05, 4.69) is 10.0 Å². The van der Waals surface area contributed by atoms with Crippen molar-refractivity contribution in [1.82, 2.24) is 10.0 Å². The zero-order valence-electron chi connectivity index (χ0n) is 16.4. The molecule has 1 aliphatic rings. The summed E-state index contributed by atoms with van der Waals surface area (Å²) in [5.41, 5.74) is 2.85. The third-order valence-electron chi connectivity index (χ3n) is 4.99. The number of fused-ring (bicyclic) bond motifs is 1. The molecule has 1 aliphatic carbocycles. The van der Waals surface area contributed by atoms with Crippen LogP contribution in [0.15, 0.2) is 52.3 Å². The molecule has 0 fully saturated rings. The minimum absolute atomic E-state index is 0.0351. The van der Waals surface area contributed by atoms with Gasteiger partial charge in [-0.15, -0.1) is 0 Å². The maximum atomic E-state index is 12.5. The average molecular weight is 452 g/mol. The molecular formula is C20H25N3O5S2. The second-order valence-electron chi connectivity index (χ2n) is 7.25. The van der Waals surface area contributed by atoms with Gasteiger partial charge < -0.3 is 5.32 Å². The van der Waals surface area contributed by atoms with E-state index >= 15 is 0 Å². The van der Waals surface area contributed by atoms with Gasteiger partial charge in [0.15, 0.2) is 0 Å². The molecule has 4 N–H and O–H groups in total. The molecule has 0 spiro atoms. The summed E-state index contributed by atoms with van der Waals surface area (Å²) < 4.78 is 50.2. The lowest BCUT2D eigenvalue weighted by atomic mass is 9.92. The maximum Gasteiger partial charge on any atom is 0.240 e. The summed E-state index contributed by atoms with van der Waals surface area (Å²) in [6.07, 6.45) is 4.00. The molecule has 0 atom stereocenters. The van der Waals surface area contributed by atoms with Crippen LogP contribution in [0.3, 0.4) is 0 Å². The second-order valence-corrected chi connectivity index (χ2v) is 10.6. The van der Waals surface area contributed by atoms with Gasteiger partial charge in [-0.05, 0) is 66.6 Å². The summed E-state index contributed by atoms with van der Waals surface area (Å²) in [6, 6.07) is 11.1. The standard InChI is InChI=1S/C20H25N3O5S2/c21-29(25,26)18-7-3-4-15(12-18)14-22-20(24)10-11-23-30(27,28)19-9-8-16-5-1-2-6-17(16)13-19/h3-4,7-9,12-13,23H,1-2,5-6,10-11,14H2,(H,22,24)(H2,21,25,26). The number of carbonyl (C=O) groups is 1. The van der Waals surface area contributed by atoms with Gasteiger partial charge >= 0.3 is 0 Å². The van der Waals surface area contributed by atoms with Crippen molar-refractivity contribution in [3.8, 4) is 0 Å². The topological polar surface area (TPSA) is 135 Å². The number of carbonyl (C=O) groups excluding carboxylic acids is 1. The number of nitrogens with two attached hydrogens (primary N) is 1. The van der Waals surface area contributed by atoms with Crippen LogP contribution in [-0.2, 0) is 44.2 Å². The van der Waals surface area contributed by atoms with Crippen molar-refractivity contribution in [3.63, 3.8) is 0 Å². The van der Waals surface area contributed by atoms with Crippen LogP contribution in [0.25, 0.3) is 0 Å². The highest BCUT2D eigenvalue weighted by Gasteiger charge is 2.18. The maximum absolute atomic E-state index is 12.5. The first kappa shape index (κ1) is 22.4. The van der Waals surface area contributed by atoms with Crippen molar-refractivity contribution in [1.29, 1.82) is 0 Å². The van der Waals surface area contributed by atoms with Crippen LogP contribution >= 0.6 is 0 Å². The molecule has 0 aromatic heterocycles. The Kier molecular flexibility index (Phi) is 6.91. The highest BCUT2D eigenvalue weighted by atomic mass is 32.2. The van der Waals surface area contributed by atoms with Gasteiger partial charge in [-0.25, -0.2) is 26.7 Å². The normalized spacial score (nSPS) is 14.2. The first-order valence-electron chi connectivity index (χ1n) is 9.65. The van der Waals surface area contributed by atoms with E-state index in [1.807, 2.05) is 6.07 Å². The van der Waals surface area contributed by atoms with Gasteiger partial charge in [-0.2, -0.15) is 0 Å². The second kappa shape index (κ2) is 9.25. The summed E-state index contributed by atoms with van der Waals surface area (Å²) in [7, 11) is -7.51. The molecule has 0 saturated carbocycles. The molecule has 0 radical (unpaired) electrons. The Labute approximate surface area is 177 Å². The van der Waals surface area contributed by atoms with Gasteiger partial charge in [-0.1, -0.05) is 18.2 Å². The molecule has 2 aromatic rings. The Hall–Kier alpha value is -2.27. The zero-order chi connectivity index (χ0) is 21.8.